The number of halogens is 1. The first kappa shape index (κ1) is 18.7. The van der Waals surface area contributed by atoms with Gasteiger partial charge in [-0.1, -0.05) is 26.3 Å². The molecule has 1 unspecified atom stereocenters. The molecule has 0 radical (unpaired) electrons. The Kier molecular flexibility index (Phi) is 9.38. The summed E-state index contributed by atoms with van der Waals surface area (Å²) in [4.78, 5) is 14.9. The van der Waals surface area contributed by atoms with Crippen LogP contribution in [0.1, 0.15) is 58.8 Å². The minimum absolute atomic E-state index is 0. The fourth-order valence-corrected chi connectivity index (χ4v) is 3.21. The van der Waals surface area contributed by atoms with Crippen molar-refractivity contribution in [3.05, 3.63) is 12.7 Å². The topological polar surface area (TPSA) is 20.3 Å². The molecule has 0 spiro atoms. The van der Waals surface area contributed by atoms with Crippen LogP contribution in [0.3, 0.4) is 0 Å². The molecule has 1 saturated carbocycles. The molecule has 0 N–H and O–H groups in total. The number of rotatable bonds is 8. The molecular formula is C16H29ClNO-. The van der Waals surface area contributed by atoms with Crippen LogP contribution in [-0.4, -0.2) is 30.3 Å². The van der Waals surface area contributed by atoms with E-state index in [0.29, 0.717) is 5.78 Å². The van der Waals surface area contributed by atoms with E-state index in [4.69, 9.17) is 0 Å². The van der Waals surface area contributed by atoms with Gasteiger partial charge in [0.2, 0.25) is 0 Å². The summed E-state index contributed by atoms with van der Waals surface area (Å²) in [6, 6.07) is 0. The maximum Gasteiger partial charge on any atom is 0.140 e. The summed E-state index contributed by atoms with van der Waals surface area (Å²) in [6.45, 7) is 11.5. The third kappa shape index (κ3) is 5.27. The predicted octanol–water partition coefficient (Wildman–Crippen LogP) is 0.818. The summed E-state index contributed by atoms with van der Waals surface area (Å²) in [5.41, 5.74) is -0.121. The van der Waals surface area contributed by atoms with Gasteiger partial charge in [0.1, 0.15) is 5.78 Å². The zero-order valence-electron chi connectivity index (χ0n) is 12.6. The summed E-state index contributed by atoms with van der Waals surface area (Å²) in [5.74, 6) is 0.478. The van der Waals surface area contributed by atoms with Crippen LogP contribution >= 0.6 is 0 Å². The number of allylic oxidation sites excluding steroid dienone is 1. The van der Waals surface area contributed by atoms with E-state index in [1.54, 1.807) is 0 Å². The van der Waals surface area contributed by atoms with Gasteiger partial charge in [0.15, 0.2) is 0 Å². The van der Waals surface area contributed by atoms with Crippen molar-refractivity contribution >= 4 is 5.78 Å². The minimum Gasteiger partial charge on any atom is -1.00 e. The summed E-state index contributed by atoms with van der Waals surface area (Å²) in [5, 5.41) is 0. The van der Waals surface area contributed by atoms with Crippen LogP contribution in [0.5, 0.6) is 0 Å². The first-order chi connectivity index (χ1) is 8.68. The van der Waals surface area contributed by atoms with Crippen LogP contribution in [0.4, 0.5) is 0 Å². The molecule has 1 rings (SSSR count). The van der Waals surface area contributed by atoms with Crippen molar-refractivity contribution in [3.63, 3.8) is 0 Å². The third-order valence-corrected chi connectivity index (χ3v) is 4.04. The molecular weight excluding hydrogens is 258 g/mol. The predicted molar refractivity (Wildman–Crippen MR) is 77.7 cm³/mol. The highest BCUT2D eigenvalue weighted by Gasteiger charge is 2.39. The normalized spacial score (nSPS) is 23.2. The van der Waals surface area contributed by atoms with Gasteiger partial charge in [-0.05, 0) is 45.2 Å². The van der Waals surface area contributed by atoms with Crippen molar-refractivity contribution < 1.29 is 17.2 Å². The zero-order chi connectivity index (χ0) is 13.4. The second kappa shape index (κ2) is 9.55. The largest absolute Gasteiger partial charge is 1.00 e. The summed E-state index contributed by atoms with van der Waals surface area (Å²) in [6.07, 6.45) is 9.25. The highest BCUT2D eigenvalue weighted by Crippen LogP contribution is 2.37. The van der Waals surface area contributed by atoms with E-state index in [9.17, 15) is 4.79 Å². The standard InChI is InChI=1S/C16H29NO.ClH/c1-4-10-16(11-8-7-9-15(16)18)14-17(12-5-2)13-6-3;/h4H,1,5-14H2,2-3H3;1H/p-1. The summed E-state index contributed by atoms with van der Waals surface area (Å²) in [7, 11) is 0. The van der Waals surface area contributed by atoms with Crippen LogP contribution in [-0.2, 0) is 4.79 Å². The molecule has 0 aromatic carbocycles. The quantitative estimate of drug-likeness (QED) is 0.616. The second-order valence-corrected chi connectivity index (χ2v) is 5.68. The van der Waals surface area contributed by atoms with Crippen molar-refractivity contribution in [2.24, 2.45) is 5.41 Å². The smallest absolute Gasteiger partial charge is 0.140 e. The Morgan fingerprint density at radius 1 is 1.26 bits per heavy atom. The van der Waals surface area contributed by atoms with E-state index in [1.165, 1.54) is 19.3 Å². The number of carbonyl (C=O) groups excluding carboxylic acids is 1. The van der Waals surface area contributed by atoms with Crippen LogP contribution in [0.15, 0.2) is 12.7 Å². The van der Waals surface area contributed by atoms with Gasteiger partial charge < -0.3 is 17.3 Å². The van der Waals surface area contributed by atoms with E-state index < -0.39 is 0 Å². The van der Waals surface area contributed by atoms with E-state index in [0.717, 1.165) is 45.3 Å². The molecule has 19 heavy (non-hydrogen) atoms. The lowest BCUT2D eigenvalue weighted by Crippen LogP contribution is -3.00. The zero-order valence-corrected chi connectivity index (χ0v) is 13.3. The molecule has 0 amide bonds. The van der Waals surface area contributed by atoms with Crippen LogP contribution in [0.25, 0.3) is 0 Å². The highest BCUT2D eigenvalue weighted by molar-refractivity contribution is 5.86. The Hall–Kier alpha value is -0.340. The fourth-order valence-electron chi connectivity index (χ4n) is 3.21. The van der Waals surface area contributed by atoms with Crippen molar-refractivity contribution in [3.8, 4) is 0 Å². The Morgan fingerprint density at radius 2 is 1.89 bits per heavy atom. The monoisotopic (exact) mass is 286 g/mol. The highest BCUT2D eigenvalue weighted by atomic mass is 35.5. The Labute approximate surface area is 125 Å². The Balaban J connectivity index is 0.00000324. The number of ketones is 1. The molecule has 1 aliphatic rings. The van der Waals surface area contributed by atoms with Gasteiger partial charge in [0.05, 0.1) is 0 Å². The number of hydrogen-bond donors (Lipinski definition) is 0. The Bertz CT molecular complexity index is 274. The molecule has 0 bridgehead atoms. The van der Waals surface area contributed by atoms with Gasteiger partial charge >= 0.3 is 0 Å². The van der Waals surface area contributed by atoms with Gasteiger partial charge in [-0.25, -0.2) is 0 Å². The lowest BCUT2D eigenvalue weighted by Gasteiger charge is -2.39. The molecule has 1 fully saturated rings. The summed E-state index contributed by atoms with van der Waals surface area (Å²) < 4.78 is 0. The molecule has 0 aliphatic heterocycles. The number of hydrogen-bond acceptors (Lipinski definition) is 2. The van der Waals surface area contributed by atoms with Gasteiger partial charge in [-0.15, -0.1) is 6.58 Å². The van der Waals surface area contributed by atoms with Gasteiger partial charge in [-0.3, -0.25) is 4.79 Å². The SMILES string of the molecule is C=CCC1(CN(CCC)CCC)CCCCC1=O.[Cl-]. The molecule has 0 saturated heterocycles. The molecule has 1 atom stereocenters. The first-order valence-corrected chi connectivity index (χ1v) is 7.55. The number of carbonyl (C=O) groups is 1. The maximum absolute atomic E-state index is 12.4. The van der Waals surface area contributed by atoms with Crippen LogP contribution in [0.2, 0.25) is 0 Å². The van der Waals surface area contributed by atoms with E-state index >= 15 is 0 Å². The van der Waals surface area contributed by atoms with Crippen molar-refractivity contribution in [2.45, 2.75) is 58.8 Å². The number of nitrogens with zero attached hydrogens (tertiary/aromatic N) is 1. The maximum atomic E-state index is 12.4. The fraction of sp³-hybridized carbons (Fsp3) is 0.812. The second-order valence-electron chi connectivity index (χ2n) is 5.68. The van der Waals surface area contributed by atoms with Gasteiger partial charge in [0.25, 0.3) is 0 Å². The molecule has 0 heterocycles. The average Bonchev–Trinajstić information content (AvgIpc) is 2.34. The van der Waals surface area contributed by atoms with E-state index in [2.05, 4.69) is 25.3 Å². The van der Waals surface area contributed by atoms with E-state index in [1.807, 2.05) is 6.08 Å². The molecule has 112 valence electrons. The Morgan fingerprint density at radius 3 is 2.37 bits per heavy atom. The van der Waals surface area contributed by atoms with Crippen LogP contribution < -0.4 is 12.4 Å². The number of Topliss-reactive ketones (excluding diaryl/α,β-unsaturated/α-hetero) is 1. The molecule has 2 nitrogen and oxygen atoms in total. The summed E-state index contributed by atoms with van der Waals surface area (Å²) >= 11 is 0. The third-order valence-electron chi connectivity index (χ3n) is 4.04. The van der Waals surface area contributed by atoms with Crippen LogP contribution in [0, 0.1) is 5.41 Å². The van der Waals surface area contributed by atoms with Gasteiger partial charge in [0, 0.05) is 18.4 Å². The van der Waals surface area contributed by atoms with E-state index in [-0.39, 0.29) is 17.8 Å². The molecule has 1 aliphatic carbocycles. The van der Waals surface area contributed by atoms with Crippen molar-refractivity contribution in [2.75, 3.05) is 19.6 Å². The van der Waals surface area contributed by atoms with Gasteiger partial charge in [-0.2, -0.15) is 0 Å². The average molecular weight is 287 g/mol. The molecule has 0 aromatic heterocycles. The van der Waals surface area contributed by atoms with Crippen molar-refractivity contribution in [1.82, 2.24) is 4.90 Å². The molecule has 3 heteroatoms. The lowest BCUT2D eigenvalue weighted by atomic mass is 9.70. The molecule has 0 aromatic rings. The first-order valence-electron chi connectivity index (χ1n) is 7.55. The lowest BCUT2D eigenvalue weighted by molar-refractivity contribution is -0.132. The van der Waals surface area contributed by atoms with Crippen molar-refractivity contribution in [1.29, 1.82) is 0 Å². The minimum atomic E-state index is -0.121.